The number of methoxy groups -OCH3 is 2. The Morgan fingerprint density at radius 2 is 0.980 bits per heavy atom. The summed E-state index contributed by atoms with van der Waals surface area (Å²) in [5.41, 5.74) is 1.12. The second-order valence-electron chi connectivity index (χ2n) is 11.5. The fourth-order valence-corrected chi connectivity index (χ4v) is 5.45. The quantitative estimate of drug-likeness (QED) is 0.0496. The highest BCUT2D eigenvalue weighted by Crippen LogP contribution is 2.39. The van der Waals surface area contributed by atoms with Gasteiger partial charge in [0.15, 0.2) is 57.5 Å². The van der Waals surface area contributed by atoms with Crippen LogP contribution in [0.2, 0.25) is 0 Å². The summed E-state index contributed by atoms with van der Waals surface area (Å²) >= 11 is 0. The van der Waals surface area contributed by atoms with Gasteiger partial charge in [0.05, 0.1) is 25.3 Å². The first kappa shape index (κ1) is 37.0. The minimum atomic E-state index is -0.922. The van der Waals surface area contributed by atoms with E-state index in [2.05, 4.69) is 0 Å². The van der Waals surface area contributed by atoms with Crippen LogP contribution in [0.3, 0.4) is 0 Å². The van der Waals surface area contributed by atoms with Crippen LogP contribution in [0.4, 0.5) is 0 Å². The number of rotatable bonds is 15. The second-order valence-corrected chi connectivity index (χ2v) is 11.5. The lowest BCUT2D eigenvalue weighted by atomic mass is 9.80. The van der Waals surface area contributed by atoms with E-state index < -0.39 is 46.4 Å². The molecule has 2 atom stereocenters. The van der Waals surface area contributed by atoms with Gasteiger partial charge in [-0.1, -0.05) is 12.1 Å². The molecule has 0 bridgehead atoms. The Kier molecular flexibility index (Phi) is 12.2. The van der Waals surface area contributed by atoms with E-state index in [1.807, 2.05) is 0 Å². The summed E-state index contributed by atoms with van der Waals surface area (Å²) in [5, 5.41) is 78.2. The third-order valence-corrected chi connectivity index (χ3v) is 8.10. The van der Waals surface area contributed by atoms with Gasteiger partial charge in [-0.2, -0.15) is 0 Å². The van der Waals surface area contributed by atoms with Crippen LogP contribution in [0, 0.1) is 11.8 Å². The second kappa shape index (κ2) is 16.5. The Bertz CT molecular complexity index is 1790. The maximum Gasteiger partial charge on any atom is 0.343 e. The molecular weight excluding hydrogens is 656 g/mol. The summed E-state index contributed by atoms with van der Waals surface area (Å²) < 4.78 is 21.7. The van der Waals surface area contributed by atoms with Crippen molar-refractivity contribution in [2.75, 3.05) is 27.4 Å². The smallest absolute Gasteiger partial charge is 0.343 e. The lowest BCUT2D eigenvalue weighted by Crippen LogP contribution is -2.24. The van der Waals surface area contributed by atoms with E-state index in [4.69, 9.17) is 18.9 Å². The lowest BCUT2D eigenvalue weighted by Gasteiger charge is -2.26. The minimum absolute atomic E-state index is 0.0533. The monoisotopic (exact) mass is 694 g/mol. The molecule has 0 spiro atoms. The molecule has 0 saturated heterocycles. The summed E-state index contributed by atoms with van der Waals surface area (Å²) in [6.07, 6.45) is 1.87. The number of phenolic OH excluding ortho intramolecular Hbond substituents is 6. The lowest BCUT2D eigenvalue weighted by molar-refractivity contribution is 0.0719. The molecule has 0 radical (unpaired) electrons. The average molecular weight is 695 g/mol. The van der Waals surface area contributed by atoms with Crippen LogP contribution in [0.1, 0.15) is 44.7 Å². The highest BCUT2D eigenvalue weighted by molar-refractivity contribution is 5.93. The normalized spacial score (nSPS) is 12.2. The number of aliphatic hydroxyl groups is 2. The van der Waals surface area contributed by atoms with Crippen LogP contribution in [0.15, 0.2) is 60.7 Å². The number of carbonyl (C=O) groups excluding carboxylic acids is 2. The molecule has 14 heteroatoms. The third-order valence-electron chi connectivity index (χ3n) is 8.10. The molecule has 266 valence electrons. The van der Waals surface area contributed by atoms with E-state index in [1.54, 1.807) is 24.3 Å². The predicted molar refractivity (Wildman–Crippen MR) is 177 cm³/mol. The molecule has 0 amide bonds. The van der Waals surface area contributed by atoms with Crippen molar-refractivity contribution >= 4 is 11.9 Å². The maximum atomic E-state index is 12.7. The molecule has 0 aliphatic heterocycles. The first-order valence-corrected chi connectivity index (χ1v) is 15.4. The summed E-state index contributed by atoms with van der Waals surface area (Å²) in [4.78, 5) is 25.4. The van der Waals surface area contributed by atoms with Gasteiger partial charge >= 0.3 is 11.9 Å². The zero-order valence-electron chi connectivity index (χ0n) is 27.2. The number of hydrogen-bond donors (Lipinski definition) is 8. The molecular formula is C36H38O14. The Balaban J connectivity index is 1.50. The van der Waals surface area contributed by atoms with Crippen molar-refractivity contribution in [3.8, 4) is 57.5 Å². The molecule has 0 unspecified atom stereocenters. The van der Waals surface area contributed by atoms with Gasteiger partial charge in [-0.15, -0.1) is 0 Å². The topological polar surface area (TPSA) is 233 Å². The van der Waals surface area contributed by atoms with Crippen molar-refractivity contribution in [1.29, 1.82) is 0 Å². The summed E-state index contributed by atoms with van der Waals surface area (Å²) in [7, 11) is 2.77. The first-order valence-electron chi connectivity index (χ1n) is 15.4. The third kappa shape index (κ3) is 8.78. The molecule has 0 aliphatic carbocycles. The number of benzene rings is 4. The summed E-state index contributed by atoms with van der Waals surface area (Å²) in [6.45, 7) is -0.248. The molecule has 50 heavy (non-hydrogen) atoms. The van der Waals surface area contributed by atoms with Gasteiger partial charge < -0.3 is 59.8 Å². The molecule has 14 nitrogen and oxygen atoms in total. The largest absolute Gasteiger partial charge is 0.504 e. The summed E-state index contributed by atoms with van der Waals surface area (Å²) in [5.74, 6) is -6.05. The van der Waals surface area contributed by atoms with Gasteiger partial charge in [0.25, 0.3) is 0 Å². The van der Waals surface area contributed by atoms with Crippen molar-refractivity contribution in [2.45, 2.75) is 25.7 Å². The number of carbonyl (C=O) groups is 2. The number of esters is 2. The van der Waals surface area contributed by atoms with Crippen LogP contribution >= 0.6 is 0 Å². The van der Waals surface area contributed by atoms with Crippen LogP contribution in [0.25, 0.3) is 0 Å². The molecule has 0 heterocycles. The van der Waals surface area contributed by atoms with Gasteiger partial charge in [-0.05, 0) is 97.2 Å². The Hall–Kier alpha value is -5.86. The van der Waals surface area contributed by atoms with Crippen molar-refractivity contribution in [3.05, 3.63) is 82.9 Å². The minimum Gasteiger partial charge on any atom is -0.504 e. The molecule has 0 aromatic heterocycles. The number of phenols is 6. The van der Waals surface area contributed by atoms with Crippen LogP contribution in [-0.2, 0) is 12.8 Å². The van der Waals surface area contributed by atoms with E-state index >= 15 is 0 Å². The predicted octanol–water partition coefficient (Wildman–Crippen LogP) is 4.16. The fourth-order valence-electron chi connectivity index (χ4n) is 5.45. The molecule has 0 fully saturated rings. The van der Waals surface area contributed by atoms with Crippen molar-refractivity contribution in [1.82, 2.24) is 0 Å². The molecule has 0 aliphatic rings. The van der Waals surface area contributed by atoms with Crippen molar-refractivity contribution in [2.24, 2.45) is 11.8 Å². The van der Waals surface area contributed by atoms with Crippen molar-refractivity contribution < 1.29 is 69.4 Å². The molecule has 8 N–H and O–H groups in total. The first-order chi connectivity index (χ1) is 23.9. The van der Waals surface area contributed by atoms with E-state index in [0.29, 0.717) is 25.7 Å². The highest BCUT2D eigenvalue weighted by Gasteiger charge is 2.25. The highest BCUT2D eigenvalue weighted by atomic mass is 16.6. The summed E-state index contributed by atoms with van der Waals surface area (Å²) in [6, 6.07) is 13.6. The van der Waals surface area contributed by atoms with E-state index in [-0.39, 0.29) is 59.2 Å². The van der Waals surface area contributed by atoms with E-state index in [9.17, 15) is 50.4 Å². The Morgan fingerprint density at radius 3 is 1.34 bits per heavy atom. The van der Waals surface area contributed by atoms with Crippen LogP contribution in [0.5, 0.6) is 57.5 Å². The number of hydrogen-bond acceptors (Lipinski definition) is 14. The van der Waals surface area contributed by atoms with Crippen LogP contribution < -0.4 is 18.9 Å². The number of aliphatic hydroxyl groups excluding tert-OH is 2. The SMILES string of the molecule is COc1cc(C[C@@H](CO)[C@H](CCCO)Cc2ccc(OC(=O)c3cc(O)c(O)c(O)c3)c(OC)c2)ccc1OC(=O)c1cc(O)c(O)c(O)c1. The zero-order chi connectivity index (χ0) is 36.5. The maximum absolute atomic E-state index is 12.7. The van der Waals surface area contributed by atoms with Gasteiger partial charge in [0.1, 0.15) is 0 Å². The van der Waals surface area contributed by atoms with Gasteiger partial charge in [-0.25, -0.2) is 9.59 Å². The van der Waals surface area contributed by atoms with E-state index in [0.717, 1.165) is 35.4 Å². The average Bonchev–Trinajstić information content (AvgIpc) is 3.10. The standard InChI is InChI=1S/C36H38O14/c1-47-31-12-19(5-7-29(31)49-35(45)22-14-25(39)33(43)26(40)15-22)10-21(4-3-9-37)24(18-38)11-20-6-8-30(32(13-20)48-2)50-36(46)23-16-27(41)34(44)28(42)17-23/h5-8,12-17,21,24,37-44H,3-4,9-11,18H2,1-2H3/t21-,24+/m1/s1. The molecule has 4 aromatic rings. The zero-order valence-corrected chi connectivity index (χ0v) is 27.2. The Morgan fingerprint density at radius 1 is 0.580 bits per heavy atom. The van der Waals surface area contributed by atoms with Crippen LogP contribution in [-0.4, -0.2) is 80.2 Å². The van der Waals surface area contributed by atoms with Gasteiger partial charge in [0.2, 0.25) is 0 Å². The number of ether oxygens (including phenoxy) is 4. The molecule has 0 saturated carbocycles. The number of aromatic hydroxyl groups is 6. The van der Waals surface area contributed by atoms with Gasteiger partial charge in [0, 0.05) is 13.2 Å². The molecule has 4 aromatic carbocycles. The van der Waals surface area contributed by atoms with E-state index in [1.165, 1.54) is 26.4 Å². The Labute approximate surface area is 286 Å². The van der Waals surface area contributed by atoms with Gasteiger partial charge in [-0.3, -0.25) is 0 Å². The molecule has 4 rings (SSSR count). The van der Waals surface area contributed by atoms with Crippen molar-refractivity contribution in [3.63, 3.8) is 0 Å². The fraction of sp³-hybridized carbons (Fsp3) is 0.278.